The van der Waals surface area contributed by atoms with Crippen LogP contribution in [0, 0.1) is 11.3 Å². The van der Waals surface area contributed by atoms with Gasteiger partial charge in [-0.15, -0.1) is 0 Å². The van der Waals surface area contributed by atoms with Crippen molar-refractivity contribution in [3.05, 3.63) is 16.7 Å². The Morgan fingerprint density at radius 3 is 1.74 bits per heavy atom. The second kappa shape index (κ2) is 6.41. The maximum atomic E-state index is 12.5. The zero-order chi connectivity index (χ0) is 20.8. The fourth-order valence-corrected chi connectivity index (χ4v) is 3.01. The van der Waals surface area contributed by atoms with E-state index < -0.39 is 48.6 Å². The van der Waals surface area contributed by atoms with E-state index in [0.717, 1.165) is 0 Å². The molecule has 0 saturated carbocycles. The molecule has 0 atom stereocenters. The lowest BCUT2D eigenvalue weighted by Crippen LogP contribution is -2.30. The van der Waals surface area contributed by atoms with Crippen LogP contribution in [0.5, 0.6) is 11.8 Å². The summed E-state index contributed by atoms with van der Waals surface area (Å²) >= 11 is 0. The maximum absolute atomic E-state index is 12.5. The third kappa shape index (κ3) is 3.88. The van der Waals surface area contributed by atoms with Crippen molar-refractivity contribution in [1.29, 1.82) is 5.26 Å². The summed E-state index contributed by atoms with van der Waals surface area (Å²) in [6, 6.07) is 1.34. The smallest absolute Gasteiger partial charge is 0.355 e. The quantitative estimate of drug-likeness (QED) is 0.395. The number of nitrogens with zero attached hydrogens (tertiary/aromatic N) is 2. The number of nitriles is 1. The molecule has 1 aliphatic rings. The van der Waals surface area contributed by atoms with Crippen LogP contribution in [-0.2, 0) is 33.1 Å². The van der Waals surface area contributed by atoms with Gasteiger partial charge < -0.3 is 8.37 Å². The minimum atomic E-state index is -6.33. The molecule has 1 aromatic heterocycles. The largest absolute Gasteiger partial charge is 0.534 e. The zero-order valence-electron chi connectivity index (χ0n) is 12.5. The number of hydrogen-bond acceptors (Lipinski definition) is 8. The normalized spacial score (nSPS) is 15.1. The molecular formula is C11H6F6N2O6S2. The van der Waals surface area contributed by atoms with Crippen molar-refractivity contribution in [3.63, 3.8) is 0 Å². The Hall–Kier alpha value is -2.28. The Bertz CT molecular complexity index is 1020. The fraction of sp³-hybridized carbons (Fsp3) is 0.455. The van der Waals surface area contributed by atoms with Gasteiger partial charge in [-0.2, -0.15) is 53.4 Å². The average Bonchev–Trinajstić information content (AvgIpc) is 2.94. The van der Waals surface area contributed by atoms with Gasteiger partial charge in [-0.25, -0.2) is 0 Å². The standard InChI is InChI=1S/C11H6F6N2O6S2/c12-10(13,14)26(20,21)24-8-6-3-1-2-5(6)7(4-18)9(19-8)25-27(22,23)11(15,16)17/h1-3H2. The van der Waals surface area contributed by atoms with E-state index in [0.29, 0.717) is 0 Å². The van der Waals surface area contributed by atoms with E-state index in [-0.39, 0.29) is 30.4 Å². The topological polar surface area (TPSA) is 123 Å². The molecule has 16 heteroatoms. The molecule has 2 rings (SSSR count). The molecule has 1 aliphatic carbocycles. The molecule has 0 spiro atoms. The monoisotopic (exact) mass is 440 g/mol. The summed E-state index contributed by atoms with van der Waals surface area (Å²) in [4.78, 5) is 2.99. The van der Waals surface area contributed by atoms with Gasteiger partial charge in [0.15, 0.2) is 0 Å². The number of rotatable bonds is 4. The summed E-state index contributed by atoms with van der Waals surface area (Å²) in [7, 11) is -12.6. The number of aromatic nitrogens is 1. The molecule has 0 saturated heterocycles. The lowest BCUT2D eigenvalue weighted by atomic mass is 10.1. The van der Waals surface area contributed by atoms with Gasteiger partial charge in [0.2, 0.25) is 5.88 Å². The van der Waals surface area contributed by atoms with E-state index in [4.69, 9.17) is 5.26 Å². The van der Waals surface area contributed by atoms with Crippen LogP contribution in [0.15, 0.2) is 0 Å². The molecule has 8 nitrogen and oxygen atoms in total. The van der Waals surface area contributed by atoms with E-state index in [9.17, 15) is 43.2 Å². The SMILES string of the molecule is N#Cc1c(OS(=O)(=O)C(F)(F)F)nc(OS(=O)(=O)C(F)(F)F)c2c1CCC2. The van der Waals surface area contributed by atoms with Gasteiger partial charge in [0.25, 0.3) is 5.88 Å². The Labute approximate surface area is 147 Å². The van der Waals surface area contributed by atoms with Gasteiger partial charge in [0.05, 0.1) is 0 Å². The van der Waals surface area contributed by atoms with Crippen molar-refractivity contribution in [2.75, 3.05) is 0 Å². The highest BCUT2D eigenvalue weighted by molar-refractivity contribution is 7.88. The Balaban J connectivity index is 2.65. The second-order valence-electron chi connectivity index (χ2n) is 4.99. The molecule has 1 aromatic rings. The second-order valence-corrected chi connectivity index (χ2v) is 8.06. The molecule has 0 radical (unpaired) electrons. The van der Waals surface area contributed by atoms with Crippen LogP contribution in [0.1, 0.15) is 23.1 Å². The molecule has 0 aliphatic heterocycles. The molecule has 150 valence electrons. The van der Waals surface area contributed by atoms with Gasteiger partial charge >= 0.3 is 31.3 Å². The molecule has 0 amide bonds. The summed E-state index contributed by atoms with van der Waals surface area (Å²) in [6.07, 6.45) is -0.0127. The molecule has 0 N–H and O–H groups in total. The maximum Gasteiger partial charge on any atom is 0.534 e. The summed E-state index contributed by atoms with van der Waals surface area (Å²) < 4.78 is 127. The summed E-state index contributed by atoms with van der Waals surface area (Å²) in [6.45, 7) is 0. The molecule has 0 bridgehead atoms. The number of alkyl halides is 6. The van der Waals surface area contributed by atoms with Crippen molar-refractivity contribution in [3.8, 4) is 17.8 Å². The number of halogens is 6. The highest BCUT2D eigenvalue weighted by atomic mass is 32.2. The van der Waals surface area contributed by atoms with Gasteiger partial charge in [-0.3, -0.25) is 0 Å². The van der Waals surface area contributed by atoms with Crippen LogP contribution in [-0.4, -0.2) is 32.8 Å². The average molecular weight is 440 g/mol. The van der Waals surface area contributed by atoms with Gasteiger partial charge in [-0.05, 0) is 24.8 Å². The minimum absolute atomic E-state index is 0.0778. The highest BCUT2D eigenvalue weighted by Gasteiger charge is 2.51. The summed E-state index contributed by atoms with van der Waals surface area (Å²) in [5.74, 6) is -2.85. The molecule has 27 heavy (non-hydrogen) atoms. The minimum Gasteiger partial charge on any atom is -0.355 e. The first-order chi connectivity index (χ1) is 12.1. The van der Waals surface area contributed by atoms with Gasteiger partial charge in [0.1, 0.15) is 11.6 Å². The number of fused-ring (bicyclic) bond motifs is 1. The molecule has 0 unspecified atom stereocenters. The Kier molecular flexibility index (Phi) is 4.99. The van der Waals surface area contributed by atoms with Crippen LogP contribution in [0.3, 0.4) is 0 Å². The van der Waals surface area contributed by atoms with Crippen LogP contribution in [0.25, 0.3) is 0 Å². The van der Waals surface area contributed by atoms with E-state index in [1.54, 1.807) is 0 Å². The highest BCUT2D eigenvalue weighted by Crippen LogP contribution is 2.39. The van der Waals surface area contributed by atoms with Gasteiger partial charge in [0, 0.05) is 5.56 Å². The summed E-state index contributed by atoms with van der Waals surface area (Å²) in [5.41, 5.74) is -13.1. The van der Waals surface area contributed by atoms with E-state index in [2.05, 4.69) is 13.4 Å². The Morgan fingerprint density at radius 2 is 1.30 bits per heavy atom. The third-order valence-electron chi connectivity index (χ3n) is 3.25. The first-order valence-electron chi connectivity index (χ1n) is 6.58. The molecule has 0 aromatic carbocycles. The molecule has 0 fully saturated rings. The van der Waals surface area contributed by atoms with Crippen LogP contribution >= 0.6 is 0 Å². The van der Waals surface area contributed by atoms with Crippen molar-refractivity contribution in [1.82, 2.24) is 4.98 Å². The number of hydrogen-bond donors (Lipinski definition) is 0. The predicted octanol–water partition coefficient (Wildman–Crippen LogP) is 1.90. The fourth-order valence-electron chi connectivity index (χ4n) is 2.15. The molecule has 1 heterocycles. The van der Waals surface area contributed by atoms with Crippen molar-refractivity contribution < 1.29 is 51.5 Å². The summed E-state index contributed by atoms with van der Waals surface area (Å²) in [5, 5.41) is 9.05. The third-order valence-corrected chi connectivity index (χ3v) is 5.14. The molecular weight excluding hydrogens is 434 g/mol. The first kappa shape index (κ1) is 21.0. The lowest BCUT2D eigenvalue weighted by Gasteiger charge is -2.15. The van der Waals surface area contributed by atoms with E-state index in [1.807, 2.05) is 0 Å². The van der Waals surface area contributed by atoms with Gasteiger partial charge in [-0.1, -0.05) is 0 Å². The van der Waals surface area contributed by atoms with E-state index >= 15 is 0 Å². The van der Waals surface area contributed by atoms with E-state index in [1.165, 1.54) is 6.07 Å². The van der Waals surface area contributed by atoms with Crippen molar-refractivity contribution >= 4 is 20.2 Å². The van der Waals surface area contributed by atoms with Crippen molar-refractivity contribution in [2.24, 2.45) is 0 Å². The lowest BCUT2D eigenvalue weighted by molar-refractivity contribution is -0.0502. The first-order valence-corrected chi connectivity index (χ1v) is 9.39. The van der Waals surface area contributed by atoms with Crippen LogP contribution in [0.4, 0.5) is 26.3 Å². The Morgan fingerprint density at radius 1 is 0.852 bits per heavy atom. The predicted molar refractivity (Wildman–Crippen MR) is 72.2 cm³/mol. The van der Waals surface area contributed by atoms with Crippen molar-refractivity contribution in [2.45, 2.75) is 30.3 Å². The van der Waals surface area contributed by atoms with Crippen LogP contribution < -0.4 is 8.37 Å². The number of pyridine rings is 1. The zero-order valence-corrected chi connectivity index (χ0v) is 14.2. The van der Waals surface area contributed by atoms with Crippen LogP contribution in [0.2, 0.25) is 0 Å².